The van der Waals surface area contributed by atoms with Crippen LogP contribution in [0, 0.1) is 0 Å². The molecule has 114 valence electrons. The monoisotopic (exact) mass is 307 g/mol. The lowest BCUT2D eigenvalue weighted by Gasteiger charge is -2.28. The van der Waals surface area contributed by atoms with Crippen LogP contribution in [0.3, 0.4) is 0 Å². The fraction of sp³-hybridized carbons (Fsp3) is 0.500. The SMILES string of the molecule is CC(C)(C)c1cc(C(C)(C)C)c(Cl)c(-n2nccn2)c1O. The second-order valence-electron chi connectivity index (χ2n) is 7.30. The molecule has 0 aliphatic heterocycles. The first kappa shape index (κ1) is 15.8. The van der Waals surface area contributed by atoms with Crippen LogP contribution in [-0.4, -0.2) is 20.1 Å². The zero-order chi connectivity index (χ0) is 16.0. The lowest BCUT2D eigenvalue weighted by molar-refractivity contribution is 0.438. The number of aromatic nitrogens is 3. The maximum atomic E-state index is 10.7. The summed E-state index contributed by atoms with van der Waals surface area (Å²) in [6, 6.07) is 1.99. The van der Waals surface area contributed by atoms with Crippen LogP contribution in [0.25, 0.3) is 5.69 Å². The first-order chi connectivity index (χ1) is 9.53. The molecule has 1 aromatic heterocycles. The van der Waals surface area contributed by atoms with Gasteiger partial charge in [0.15, 0.2) is 0 Å². The van der Waals surface area contributed by atoms with Crippen LogP contribution in [0.4, 0.5) is 0 Å². The molecule has 2 rings (SSSR count). The highest BCUT2D eigenvalue weighted by Crippen LogP contribution is 2.44. The minimum absolute atomic E-state index is 0.136. The van der Waals surface area contributed by atoms with Gasteiger partial charge in [-0.05, 0) is 22.5 Å². The number of rotatable bonds is 1. The summed E-state index contributed by atoms with van der Waals surface area (Å²) in [5.41, 5.74) is 1.89. The van der Waals surface area contributed by atoms with Gasteiger partial charge in [-0.25, -0.2) is 0 Å². The highest BCUT2D eigenvalue weighted by molar-refractivity contribution is 6.33. The minimum atomic E-state index is -0.212. The topological polar surface area (TPSA) is 50.9 Å². The third-order valence-corrected chi connectivity index (χ3v) is 3.83. The molecule has 0 aliphatic rings. The number of phenolic OH excluding ortho intramolecular Hbond substituents is 1. The number of benzene rings is 1. The average molecular weight is 308 g/mol. The zero-order valence-corrected chi connectivity index (χ0v) is 14.2. The Balaban J connectivity index is 2.87. The van der Waals surface area contributed by atoms with E-state index in [1.165, 1.54) is 4.80 Å². The van der Waals surface area contributed by atoms with E-state index in [1.54, 1.807) is 12.4 Å². The summed E-state index contributed by atoms with van der Waals surface area (Å²) in [5, 5.41) is 19.4. The van der Waals surface area contributed by atoms with E-state index in [2.05, 4.69) is 51.7 Å². The van der Waals surface area contributed by atoms with Crippen LogP contribution >= 0.6 is 11.6 Å². The number of phenols is 1. The Morgan fingerprint density at radius 3 is 1.86 bits per heavy atom. The van der Waals surface area contributed by atoms with Crippen molar-refractivity contribution in [1.82, 2.24) is 15.0 Å². The summed E-state index contributed by atoms with van der Waals surface area (Å²) in [5.74, 6) is 0.136. The number of halogens is 1. The Morgan fingerprint density at radius 2 is 1.43 bits per heavy atom. The van der Waals surface area contributed by atoms with Gasteiger partial charge < -0.3 is 5.11 Å². The molecule has 0 saturated carbocycles. The van der Waals surface area contributed by atoms with Gasteiger partial charge in [0.25, 0.3) is 0 Å². The van der Waals surface area contributed by atoms with Crippen molar-refractivity contribution < 1.29 is 5.11 Å². The van der Waals surface area contributed by atoms with Crippen molar-refractivity contribution in [2.24, 2.45) is 0 Å². The predicted molar refractivity (Wildman–Crippen MR) is 85.4 cm³/mol. The van der Waals surface area contributed by atoms with Crippen molar-refractivity contribution in [3.8, 4) is 11.4 Å². The van der Waals surface area contributed by atoms with E-state index in [9.17, 15) is 5.11 Å². The van der Waals surface area contributed by atoms with E-state index in [0.717, 1.165) is 11.1 Å². The van der Waals surface area contributed by atoms with Crippen LogP contribution in [-0.2, 0) is 10.8 Å². The fourth-order valence-corrected chi connectivity index (χ4v) is 2.77. The third-order valence-electron chi connectivity index (χ3n) is 3.45. The van der Waals surface area contributed by atoms with Gasteiger partial charge in [0.2, 0.25) is 0 Å². The maximum Gasteiger partial charge on any atom is 0.148 e. The van der Waals surface area contributed by atoms with Gasteiger partial charge in [-0.3, -0.25) is 0 Å². The largest absolute Gasteiger partial charge is 0.505 e. The standard InChI is InChI=1S/C16H22ClN3O/c1-15(2,3)10-9-11(16(4,5)6)14(21)13(12(10)17)20-18-7-8-19-20/h7-9,21H,1-6H3. The van der Waals surface area contributed by atoms with E-state index < -0.39 is 0 Å². The van der Waals surface area contributed by atoms with E-state index in [1.807, 2.05) is 6.07 Å². The fourth-order valence-electron chi connectivity index (χ4n) is 2.27. The predicted octanol–water partition coefficient (Wildman–Crippen LogP) is 4.22. The molecule has 0 fully saturated rings. The molecule has 1 heterocycles. The van der Waals surface area contributed by atoms with E-state index in [-0.39, 0.29) is 16.6 Å². The zero-order valence-electron chi connectivity index (χ0n) is 13.4. The first-order valence-corrected chi connectivity index (χ1v) is 7.34. The maximum absolute atomic E-state index is 10.7. The highest BCUT2D eigenvalue weighted by Gasteiger charge is 2.29. The molecule has 0 saturated heterocycles. The molecule has 0 spiro atoms. The van der Waals surface area contributed by atoms with E-state index in [4.69, 9.17) is 11.6 Å². The highest BCUT2D eigenvalue weighted by atomic mass is 35.5. The summed E-state index contributed by atoms with van der Waals surface area (Å²) in [6.07, 6.45) is 3.13. The lowest BCUT2D eigenvalue weighted by Crippen LogP contribution is -2.19. The molecule has 0 amide bonds. The lowest BCUT2D eigenvalue weighted by atomic mass is 9.79. The molecule has 4 nitrogen and oxygen atoms in total. The van der Waals surface area contributed by atoms with Gasteiger partial charge in [0.1, 0.15) is 11.4 Å². The quantitative estimate of drug-likeness (QED) is 0.858. The van der Waals surface area contributed by atoms with Crippen molar-refractivity contribution in [2.75, 3.05) is 0 Å². The van der Waals surface area contributed by atoms with Crippen LogP contribution in [0.2, 0.25) is 5.02 Å². The molecular formula is C16H22ClN3O. The van der Waals surface area contributed by atoms with Gasteiger partial charge in [0, 0.05) is 5.56 Å². The summed E-state index contributed by atoms with van der Waals surface area (Å²) >= 11 is 6.55. The van der Waals surface area contributed by atoms with Gasteiger partial charge in [-0.15, -0.1) is 4.80 Å². The number of nitrogens with zero attached hydrogens (tertiary/aromatic N) is 3. The van der Waals surface area contributed by atoms with Crippen LogP contribution in [0.1, 0.15) is 52.7 Å². The molecule has 1 N–H and O–H groups in total. The van der Waals surface area contributed by atoms with Crippen molar-refractivity contribution >= 4 is 11.6 Å². The van der Waals surface area contributed by atoms with Crippen molar-refractivity contribution in [3.63, 3.8) is 0 Å². The molecule has 0 bridgehead atoms. The summed E-state index contributed by atoms with van der Waals surface area (Å²) in [4.78, 5) is 1.38. The van der Waals surface area contributed by atoms with Gasteiger partial charge in [-0.2, -0.15) is 10.2 Å². The normalized spacial score (nSPS) is 12.7. The summed E-state index contributed by atoms with van der Waals surface area (Å²) < 4.78 is 0. The van der Waals surface area contributed by atoms with Crippen molar-refractivity contribution in [3.05, 3.63) is 34.6 Å². The number of aromatic hydroxyl groups is 1. The second-order valence-corrected chi connectivity index (χ2v) is 7.68. The van der Waals surface area contributed by atoms with Crippen LogP contribution in [0.5, 0.6) is 5.75 Å². The van der Waals surface area contributed by atoms with Gasteiger partial charge in [-0.1, -0.05) is 53.1 Å². The smallest absolute Gasteiger partial charge is 0.148 e. The summed E-state index contributed by atoms with van der Waals surface area (Å²) in [7, 11) is 0. The Bertz CT molecular complexity index is 611. The number of hydrogen-bond donors (Lipinski definition) is 1. The van der Waals surface area contributed by atoms with Crippen LogP contribution in [0.15, 0.2) is 18.5 Å². The van der Waals surface area contributed by atoms with Gasteiger partial charge >= 0.3 is 0 Å². The van der Waals surface area contributed by atoms with E-state index >= 15 is 0 Å². The van der Waals surface area contributed by atoms with Crippen molar-refractivity contribution in [2.45, 2.75) is 52.4 Å². The third kappa shape index (κ3) is 2.91. The number of hydrogen-bond acceptors (Lipinski definition) is 3. The molecule has 2 aromatic rings. The Labute approximate surface area is 130 Å². The molecule has 1 aromatic carbocycles. The Hall–Kier alpha value is -1.55. The molecule has 0 aliphatic carbocycles. The first-order valence-electron chi connectivity index (χ1n) is 6.96. The molecule has 0 atom stereocenters. The van der Waals surface area contributed by atoms with Crippen molar-refractivity contribution in [1.29, 1.82) is 0 Å². The second kappa shape index (κ2) is 5.02. The van der Waals surface area contributed by atoms with E-state index in [0.29, 0.717) is 10.7 Å². The molecular weight excluding hydrogens is 286 g/mol. The molecule has 5 heteroatoms. The average Bonchev–Trinajstić information content (AvgIpc) is 2.78. The van der Waals surface area contributed by atoms with Crippen LogP contribution < -0.4 is 0 Å². The Morgan fingerprint density at radius 1 is 0.952 bits per heavy atom. The summed E-state index contributed by atoms with van der Waals surface area (Å²) in [6.45, 7) is 12.5. The molecule has 0 unspecified atom stereocenters. The van der Waals surface area contributed by atoms with Gasteiger partial charge in [0.05, 0.1) is 17.4 Å². The minimum Gasteiger partial charge on any atom is -0.505 e. The molecule has 21 heavy (non-hydrogen) atoms. The molecule has 0 radical (unpaired) electrons. The Kier molecular flexibility index (Phi) is 3.79.